The van der Waals surface area contributed by atoms with Gasteiger partial charge in [-0.25, -0.2) is 0 Å². The number of Topliss-reactive ketones (excluding diaryl/α,β-unsaturated/α-hetero) is 1. The van der Waals surface area contributed by atoms with Crippen LogP contribution in [0.5, 0.6) is 11.5 Å². The zero-order chi connectivity index (χ0) is 24.0. The van der Waals surface area contributed by atoms with E-state index in [2.05, 4.69) is 13.8 Å². The van der Waals surface area contributed by atoms with Crippen LogP contribution in [-0.2, 0) is 9.59 Å². The molecule has 1 saturated heterocycles. The summed E-state index contributed by atoms with van der Waals surface area (Å²) in [6.07, 6.45) is 0.743. The van der Waals surface area contributed by atoms with E-state index in [4.69, 9.17) is 9.47 Å². The summed E-state index contributed by atoms with van der Waals surface area (Å²) in [6.45, 7) is 7.55. The molecule has 33 heavy (non-hydrogen) atoms. The number of ketones is 1. The van der Waals surface area contributed by atoms with Crippen LogP contribution >= 0.6 is 0 Å². The Morgan fingerprint density at radius 3 is 2.00 bits per heavy atom. The molecule has 0 spiro atoms. The molecule has 0 bridgehead atoms. The summed E-state index contributed by atoms with van der Waals surface area (Å²) in [7, 11) is 3.12. The van der Waals surface area contributed by atoms with Gasteiger partial charge < -0.3 is 24.4 Å². The lowest BCUT2D eigenvalue weighted by Gasteiger charge is -2.28. The summed E-state index contributed by atoms with van der Waals surface area (Å²) in [5.74, 6) is -0.519. The van der Waals surface area contributed by atoms with Gasteiger partial charge in [-0.05, 0) is 49.2 Å². The molecule has 1 aliphatic rings. The van der Waals surface area contributed by atoms with E-state index in [9.17, 15) is 14.7 Å². The van der Waals surface area contributed by atoms with Crippen LogP contribution in [0.2, 0.25) is 0 Å². The SMILES string of the molecule is CC[NH+](CC)CCCN1C(=O)C(=O)C(=C([O-])c2ccc(OC)cc2)C1c1ccc(OC)cc1. The number of rotatable bonds is 10. The first kappa shape index (κ1) is 24.3. The number of quaternary nitrogens is 1. The molecule has 1 aliphatic heterocycles. The van der Waals surface area contributed by atoms with Gasteiger partial charge in [0.2, 0.25) is 5.78 Å². The Balaban J connectivity index is 2.01. The molecule has 176 valence electrons. The molecular weight excluding hydrogens is 420 g/mol. The lowest BCUT2D eigenvalue weighted by atomic mass is 9.95. The van der Waals surface area contributed by atoms with Crippen molar-refractivity contribution in [2.24, 2.45) is 0 Å². The minimum atomic E-state index is -0.730. The molecule has 1 N–H and O–H groups in total. The first-order valence-corrected chi connectivity index (χ1v) is 11.3. The molecule has 1 unspecified atom stereocenters. The van der Waals surface area contributed by atoms with Gasteiger partial charge in [0.25, 0.3) is 5.91 Å². The lowest BCUT2D eigenvalue weighted by Crippen LogP contribution is -3.11. The number of nitrogens with zero attached hydrogens (tertiary/aromatic N) is 1. The highest BCUT2D eigenvalue weighted by molar-refractivity contribution is 6.46. The standard InChI is InChI=1S/C26H32N2O5/c1-5-27(6-2)16-7-17-28-23(18-8-12-20(32-3)13-9-18)22(25(30)26(28)31)24(29)19-10-14-21(33-4)15-11-19/h8-15,23,29H,5-7,16-17H2,1-4H3. The van der Waals surface area contributed by atoms with Crippen LogP contribution in [0.3, 0.4) is 0 Å². The fourth-order valence-corrected chi connectivity index (χ4v) is 4.23. The Kier molecular flexibility index (Phi) is 8.11. The van der Waals surface area contributed by atoms with Crippen molar-refractivity contribution in [3.8, 4) is 11.5 Å². The Hall–Kier alpha value is -3.32. The molecule has 1 amide bonds. The number of benzene rings is 2. The van der Waals surface area contributed by atoms with Gasteiger partial charge in [0.1, 0.15) is 11.5 Å². The summed E-state index contributed by atoms with van der Waals surface area (Å²) in [6, 6.07) is 13.0. The van der Waals surface area contributed by atoms with E-state index in [-0.39, 0.29) is 5.57 Å². The van der Waals surface area contributed by atoms with Crippen LogP contribution in [0.1, 0.15) is 37.4 Å². The second-order valence-corrected chi connectivity index (χ2v) is 8.04. The molecule has 1 atom stereocenters. The third kappa shape index (κ3) is 5.20. The molecule has 2 aromatic carbocycles. The van der Waals surface area contributed by atoms with Gasteiger partial charge in [-0.15, -0.1) is 0 Å². The summed E-state index contributed by atoms with van der Waals surface area (Å²) >= 11 is 0. The van der Waals surface area contributed by atoms with Crippen molar-refractivity contribution in [3.63, 3.8) is 0 Å². The van der Waals surface area contributed by atoms with Crippen LogP contribution < -0.4 is 19.5 Å². The van der Waals surface area contributed by atoms with Gasteiger partial charge in [-0.2, -0.15) is 0 Å². The minimum absolute atomic E-state index is 0.00878. The zero-order valence-corrected chi connectivity index (χ0v) is 19.7. The number of ether oxygens (including phenoxy) is 2. The minimum Gasteiger partial charge on any atom is -0.872 e. The largest absolute Gasteiger partial charge is 0.872 e. The fraction of sp³-hybridized carbons (Fsp3) is 0.385. The van der Waals surface area contributed by atoms with E-state index in [0.29, 0.717) is 29.2 Å². The molecule has 2 aromatic rings. The van der Waals surface area contributed by atoms with Crippen LogP contribution in [0, 0.1) is 0 Å². The van der Waals surface area contributed by atoms with E-state index in [1.807, 2.05) is 0 Å². The maximum absolute atomic E-state index is 13.4. The zero-order valence-electron chi connectivity index (χ0n) is 19.7. The molecular formula is C26H32N2O5. The number of carbonyl (C=O) groups excluding carboxylic acids is 2. The summed E-state index contributed by atoms with van der Waals surface area (Å²) in [5.41, 5.74) is 1.05. The van der Waals surface area contributed by atoms with Crippen molar-refractivity contribution in [1.82, 2.24) is 4.90 Å². The molecule has 0 aliphatic carbocycles. The number of hydrogen-bond donors (Lipinski definition) is 1. The van der Waals surface area contributed by atoms with Crippen LogP contribution in [0.25, 0.3) is 5.76 Å². The Bertz CT molecular complexity index is 994. The average molecular weight is 453 g/mol. The van der Waals surface area contributed by atoms with Gasteiger partial charge in [0, 0.05) is 18.5 Å². The van der Waals surface area contributed by atoms with Crippen molar-refractivity contribution in [2.75, 3.05) is 40.4 Å². The van der Waals surface area contributed by atoms with Gasteiger partial charge in [-0.1, -0.05) is 30.0 Å². The predicted molar refractivity (Wildman–Crippen MR) is 124 cm³/mol. The molecule has 0 aromatic heterocycles. The van der Waals surface area contributed by atoms with E-state index in [1.54, 1.807) is 67.7 Å². The average Bonchev–Trinajstić information content (AvgIpc) is 3.11. The smallest absolute Gasteiger partial charge is 0.295 e. The Morgan fingerprint density at radius 1 is 0.939 bits per heavy atom. The van der Waals surface area contributed by atoms with Crippen molar-refractivity contribution in [3.05, 3.63) is 65.2 Å². The second kappa shape index (κ2) is 11.0. The van der Waals surface area contributed by atoms with Crippen LogP contribution in [0.4, 0.5) is 0 Å². The Labute approximate surface area is 195 Å². The maximum atomic E-state index is 13.4. The molecule has 1 heterocycles. The summed E-state index contributed by atoms with van der Waals surface area (Å²) in [5, 5.41) is 13.4. The Morgan fingerprint density at radius 2 is 1.48 bits per heavy atom. The number of carbonyl (C=O) groups is 2. The van der Waals surface area contributed by atoms with Gasteiger partial charge in [0.15, 0.2) is 0 Å². The van der Waals surface area contributed by atoms with Gasteiger partial charge in [-0.3, -0.25) is 9.59 Å². The molecule has 0 radical (unpaired) electrons. The lowest BCUT2D eigenvalue weighted by molar-refractivity contribution is -0.896. The normalized spacial score (nSPS) is 17.6. The quantitative estimate of drug-likeness (QED) is 0.333. The number of hydrogen-bond acceptors (Lipinski definition) is 5. The number of amides is 1. The molecule has 1 fully saturated rings. The second-order valence-electron chi connectivity index (χ2n) is 8.04. The first-order chi connectivity index (χ1) is 15.9. The van der Waals surface area contributed by atoms with Crippen LogP contribution in [-0.4, -0.2) is 57.0 Å². The van der Waals surface area contributed by atoms with Crippen molar-refractivity contribution < 1.29 is 29.1 Å². The predicted octanol–water partition coefficient (Wildman–Crippen LogP) is 1.24. The fourth-order valence-electron chi connectivity index (χ4n) is 4.23. The summed E-state index contributed by atoms with van der Waals surface area (Å²) in [4.78, 5) is 29.1. The van der Waals surface area contributed by atoms with E-state index >= 15 is 0 Å². The van der Waals surface area contributed by atoms with E-state index < -0.39 is 23.5 Å². The third-order valence-corrected chi connectivity index (χ3v) is 6.24. The third-order valence-electron chi connectivity index (χ3n) is 6.24. The summed E-state index contributed by atoms with van der Waals surface area (Å²) < 4.78 is 10.4. The van der Waals surface area contributed by atoms with Crippen molar-refractivity contribution in [2.45, 2.75) is 26.3 Å². The van der Waals surface area contributed by atoms with Crippen molar-refractivity contribution >= 4 is 17.4 Å². The number of nitrogens with one attached hydrogen (secondary N) is 1. The highest BCUT2D eigenvalue weighted by Gasteiger charge is 2.44. The number of methoxy groups -OCH3 is 2. The van der Waals surface area contributed by atoms with E-state index in [0.717, 1.165) is 26.1 Å². The molecule has 7 nitrogen and oxygen atoms in total. The molecule has 0 saturated carbocycles. The first-order valence-electron chi connectivity index (χ1n) is 11.3. The highest BCUT2D eigenvalue weighted by atomic mass is 16.5. The monoisotopic (exact) mass is 452 g/mol. The van der Waals surface area contributed by atoms with E-state index in [1.165, 1.54) is 4.90 Å². The van der Waals surface area contributed by atoms with Gasteiger partial charge >= 0.3 is 0 Å². The maximum Gasteiger partial charge on any atom is 0.295 e. The molecule has 7 heteroatoms. The van der Waals surface area contributed by atoms with Crippen LogP contribution in [0.15, 0.2) is 54.1 Å². The highest BCUT2D eigenvalue weighted by Crippen LogP contribution is 2.39. The number of likely N-dealkylation sites (tertiary alicyclic amines) is 1. The molecule has 3 rings (SSSR count). The van der Waals surface area contributed by atoms with Gasteiger partial charge in [0.05, 0.1) is 39.9 Å². The van der Waals surface area contributed by atoms with Crippen molar-refractivity contribution in [1.29, 1.82) is 0 Å². The topological polar surface area (TPSA) is 83.3 Å².